The van der Waals surface area contributed by atoms with E-state index < -0.39 is 0 Å². The van der Waals surface area contributed by atoms with Crippen molar-refractivity contribution in [2.75, 3.05) is 24.7 Å². The normalized spacial score (nSPS) is 18.6. The molecule has 10 heteroatoms. The number of halogens is 1. The van der Waals surface area contributed by atoms with E-state index in [1.54, 1.807) is 18.2 Å². The molecule has 0 radical (unpaired) electrons. The number of ether oxygens (including phenoxy) is 2. The van der Waals surface area contributed by atoms with Crippen molar-refractivity contribution >= 4 is 67.7 Å². The number of nitrogens with zero attached hydrogens (tertiary/aromatic N) is 2. The summed E-state index contributed by atoms with van der Waals surface area (Å²) in [6.45, 7) is 3.91. The molecule has 2 aliphatic rings. The molecule has 0 spiro atoms. The largest absolute Gasteiger partial charge is 0.494 e. The molecule has 3 aromatic rings. The van der Waals surface area contributed by atoms with Crippen LogP contribution in [-0.2, 0) is 20.9 Å². The van der Waals surface area contributed by atoms with Gasteiger partial charge in [0.1, 0.15) is 18.0 Å². The zero-order valence-corrected chi connectivity index (χ0v) is 22.7. The van der Waals surface area contributed by atoms with Crippen LogP contribution in [0.3, 0.4) is 0 Å². The first-order valence-electron chi connectivity index (χ1n) is 12.2. The van der Waals surface area contributed by atoms with Crippen LogP contribution in [0, 0.1) is 0 Å². The summed E-state index contributed by atoms with van der Waals surface area (Å²) in [5, 5.41) is 7.23. The summed E-state index contributed by atoms with van der Waals surface area (Å²) in [6, 6.07) is 13.1. The van der Waals surface area contributed by atoms with Crippen molar-refractivity contribution < 1.29 is 19.1 Å². The SMILES string of the molecule is CCOc1ccc(N2C(=O)/C(=C/c3cn(CC(=O)NC[C@@H]4CCCO4)c4ccc(Br)cc34)NC2=S)cc1. The van der Waals surface area contributed by atoms with Gasteiger partial charge in [0, 0.05) is 40.3 Å². The first kappa shape index (κ1) is 25.4. The van der Waals surface area contributed by atoms with Crippen molar-refractivity contribution in [3.63, 3.8) is 0 Å². The fourth-order valence-corrected chi connectivity index (χ4v) is 5.23. The van der Waals surface area contributed by atoms with Crippen LogP contribution in [-0.4, -0.2) is 47.4 Å². The second kappa shape index (κ2) is 11.0. The van der Waals surface area contributed by atoms with Crippen LogP contribution >= 0.6 is 28.1 Å². The molecule has 0 aliphatic carbocycles. The topological polar surface area (TPSA) is 84.8 Å². The molecule has 2 aliphatic heterocycles. The Balaban J connectivity index is 1.39. The lowest BCUT2D eigenvalue weighted by Crippen LogP contribution is -2.34. The summed E-state index contributed by atoms with van der Waals surface area (Å²) in [4.78, 5) is 27.5. The maximum absolute atomic E-state index is 13.3. The predicted molar refractivity (Wildman–Crippen MR) is 150 cm³/mol. The van der Waals surface area contributed by atoms with E-state index in [1.165, 1.54) is 4.90 Å². The molecule has 192 valence electrons. The number of hydrogen-bond donors (Lipinski definition) is 2. The number of aromatic nitrogens is 1. The van der Waals surface area contributed by atoms with Crippen molar-refractivity contribution in [2.45, 2.75) is 32.4 Å². The highest BCUT2D eigenvalue weighted by Crippen LogP contribution is 2.29. The Kier molecular flexibility index (Phi) is 7.59. The molecule has 0 unspecified atom stereocenters. The van der Waals surface area contributed by atoms with E-state index in [1.807, 2.05) is 48.0 Å². The molecule has 8 nitrogen and oxygen atoms in total. The lowest BCUT2D eigenvalue weighted by atomic mass is 10.1. The standard InChI is InChI=1S/C27H27BrN4O4S/c1-2-35-20-8-6-19(7-9-20)32-26(34)23(30-27(32)37)12-17-15-31(24-10-5-18(28)13-22(17)24)16-25(33)29-14-21-4-3-11-36-21/h5-10,12-13,15,21H,2-4,11,14,16H2,1H3,(H,29,33)(H,30,37)/b23-12-/t21-/m0/s1. The molecular weight excluding hydrogens is 556 g/mol. The highest BCUT2D eigenvalue weighted by molar-refractivity contribution is 9.10. The van der Waals surface area contributed by atoms with E-state index in [-0.39, 0.29) is 24.5 Å². The maximum Gasteiger partial charge on any atom is 0.281 e. The molecule has 3 heterocycles. The van der Waals surface area contributed by atoms with Crippen LogP contribution < -0.4 is 20.3 Å². The van der Waals surface area contributed by atoms with Gasteiger partial charge in [0.25, 0.3) is 5.91 Å². The number of rotatable bonds is 8. The summed E-state index contributed by atoms with van der Waals surface area (Å²) < 4.78 is 13.9. The van der Waals surface area contributed by atoms with Crippen LogP contribution in [0.5, 0.6) is 5.75 Å². The van der Waals surface area contributed by atoms with E-state index >= 15 is 0 Å². The first-order valence-corrected chi connectivity index (χ1v) is 13.4. The fourth-order valence-electron chi connectivity index (χ4n) is 4.57. The van der Waals surface area contributed by atoms with Crippen molar-refractivity contribution in [1.29, 1.82) is 0 Å². The molecular formula is C27H27BrN4O4S. The summed E-state index contributed by atoms with van der Waals surface area (Å²) in [6.07, 6.45) is 5.74. The Morgan fingerprint density at radius 2 is 2.11 bits per heavy atom. The quantitative estimate of drug-likeness (QED) is 0.303. The van der Waals surface area contributed by atoms with E-state index in [2.05, 4.69) is 26.6 Å². The number of fused-ring (bicyclic) bond motifs is 1. The minimum Gasteiger partial charge on any atom is -0.494 e. The van der Waals surface area contributed by atoms with E-state index in [9.17, 15) is 9.59 Å². The molecule has 1 aromatic heterocycles. The number of benzene rings is 2. The second-order valence-electron chi connectivity index (χ2n) is 8.87. The van der Waals surface area contributed by atoms with Gasteiger partial charge < -0.3 is 24.7 Å². The van der Waals surface area contributed by atoms with Crippen molar-refractivity contribution in [3.8, 4) is 5.75 Å². The average Bonchev–Trinajstić information content (AvgIpc) is 3.58. The van der Waals surface area contributed by atoms with E-state index in [0.29, 0.717) is 29.6 Å². The number of thiocarbonyl (C=S) groups is 1. The summed E-state index contributed by atoms with van der Waals surface area (Å²) in [7, 11) is 0. The third-order valence-electron chi connectivity index (χ3n) is 6.32. The molecule has 37 heavy (non-hydrogen) atoms. The van der Waals surface area contributed by atoms with Crippen molar-refractivity contribution in [3.05, 3.63) is 64.4 Å². The fraction of sp³-hybridized carbons (Fsp3) is 0.296. The van der Waals surface area contributed by atoms with Gasteiger partial charge in [-0.1, -0.05) is 15.9 Å². The number of hydrogen-bond acceptors (Lipinski definition) is 5. The van der Waals surface area contributed by atoms with Crippen LogP contribution in [0.15, 0.2) is 58.8 Å². The first-order chi connectivity index (χ1) is 17.9. The van der Waals surface area contributed by atoms with Crippen LogP contribution in [0.4, 0.5) is 5.69 Å². The highest BCUT2D eigenvalue weighted by atomic mass is 79.9. The molecule has 2 saturated heterocycles. The molecule has 5 rings (SSSR count). The van der Waals surface area contributed by atoms with Gasteiger partial charge in [0.15, 0.2) is 5.11 Å². The Morgan fingerprint density at radius 1 is 1.30 bits per heavy atom. The summed E-state index contributed by atoms with van der Waals surface area (Å²) in [5.41, 5.74) is 2.71. The van der Waals surface area contributed by atoms with Gasteiger partial charge in [-0.2, -0.15) is 0 Å². The Bertz CT molecular complexity index is 1380. The number of anilines is 1. The van der Waals surface area contributed by atoms with E-state index in [4.69, 9.17) is 21.7 Å². The lowest BCUT2D eigenvalue weighted by Gasteiger charge is -2.14. The summed E-state index contributed by atoms with van der Waals surface area (Å²) in [5.74, 6) is 0.387. The van der Waals surface area contributed by atoms with Gasteiger partial charge in [-0.25, -0.2) is 0 Å². The number of carbonyl (C=O) groups excluding carboxylic acids is 2. The zero-order chi connectivity index (χ0) is 25.9. The zero-order valence-electron chi connectivity index (χ0n) is 20.3. The van der Waals surface area contributed by atoms with Gasteiger partial charge >= 0.3 is 0 Å². The van der Waals surface area contributed by atoms with Gasteiger partial charge in [-0.15, -0.1) is 0 Å². The molecule has 0 saturated carbocycles. The highest BCUT2D eigenvalue weighted by Gasteiger charge is 2.32. The summed E-state index contributed by atoms with van der Waals surface area (Å²) >= 11 is 9.01. The smallest absolute Gasteiger partial charge is 0.281 e. The van der Waals surface area contributed by atoms with Crippen LogP contribution in [0.1, 0.15) is 25.3 Å². The monoisotopic (exact) mass is 582 g/mol. The minimum atomic E-state index is -0.251. The number of nitrogens with one attached hydrogen (secondary N) is 2. The molecule has 1 atom stereocenters. The molecule has 2 fully saturated rings. The lowest BCUT2D eigenvalue weighted by molar-refractivity contribution is -0.122. The van der Waals surface area contributed by atoms with Gasteiger partial charge in [-0.05, 0) is 80.5 Å². The van der Waals surface area contributed by atoms with Crippen molar-refractivity contribution in [2.24, 2.45) is 0 Å². The third kappa shape index (κ3) is 5.56. The van der Waals surface area contributed by atoms with Crippen LogP contribution in [0.25, 0.3) is 17.0 Å². The number of carbonyl (C=O) groups is 2. The predicted octanol–water partition coefficient (Wildman–Crippen LogP) is 4.36. The average molecular weight is 584 g/mol. The van der Waals surface area contributed by atoms with Gasteiger partial charge in [0.05, 0.1) is 18.4 Å². The molecule has 2 aromatic carbocycles. The third-order valence-corrected chi connectivity index (χ3v) is 7.10. The van der Waals surface area contributed by atoms with Gasteiger partial charge in [0.2, 0.25) is 5.91 Å². The van der Waals surface area contributed by atoms with E-state index in [0.717, 1.165) is 46.1 Å². The molecule has 2 N–H and O–H groups in total. The second-order valence-corrected chi connectivity index (χ2v) is 10.2. The Hall–Kier alpha value is -3.21. The Labute approximate surface area is 228 Å². The molecule has 0 bridgehead atoms. The van der Waals surface area contributed by atoms with Crippen molar-refractivity contribution in [1.82, 2.24) is 15.2 Å². The van der Waals surface area contributed by atoms with Gasteiger partial charge in [-0.3, -0.25) is 14.5 Å². The molecule has 2 amide bonds. The Morgan fingerprint density at radius 3 is 2.84 bits per heavy atom. The minimum absolute atomic E-state index is 0.0863. The van der Waals surface area contributed by atoms with Crippen LogP contribution in [0.2, 0.25) is 0 Å². The maximum atomic E-state index is 13.3. The number of amides is 2.